The number of guanidine groups is 1. The third kappa shape index (κ3) is 17.7. The van der Waals surface area contributed by atoms with Gasteiger partial charge < -0.3 is 84.2 Å². The van der Waals surface area contributed by atoms with Crippen molar-refractivity contribution in [2.75, 3.05) is 19.7 Å². The molecule has 0 radical (unpaired) electrons. The first-order valence-corrected chi connectivity index (χ1v) is 27.0. The monoisotopic (exact) mass is 1140 g/mol. The molecule has 4 heterocycles. The molecule has 0 unspecified atom stereocenters. The quantitative estimate of drug-likeness (QED) is 0.0152. The fourth-order valence-corrected chi connectivity index (χ4v) is 9.63. The topological polar surface area (TPSA) is 440 Å². The van der Waals surface area contributed by atoms with Gasteiger partial charge in [0.1, 0.15) is 60.1 Å². The number of aliphatic imine (C=N–C) groups is 1. The third-order valence-corrected chi connectivity index (χ3v) is 14.0. The molecular weight excluding hydrogens is 1070 g/mol. The van der Waals surface area contributed by atoms with Gasteiger partial charge in [-0.3, -0.25) is 48.1 Å². The average Bonchev–Trinajstić information content (AvgIpc) is 4.37. The van der Waals surface area contributed by atoms with Gasteiger partial charge in [0.15, 0.2) is 5.96 Å². The van der Waals surface area contributed by atoms with Crippen molar-refractivity contribution in [3.05, 3.63) is 84.1 Å². The van der Waals surface area contributed by atoms with Crippen LogP contribution in [0.5, 0.6) is 5.75 Å². The molecule has 2 aromatic carbocycles. The molecule has 4 aromatic rings. The maximum absolute atomic E-state index is 14.5. The molecule has 28 nitrogen and oxygen atoms in total. The van der Waals surface area contributed by atoms with Gasteiger partial charge in [-0.25, -0.2) is 9.78 Å². The SMILES string of the molecule is CC(C)C[C@H](NC(=O)[C@@H](C)NC(=O)[C@H](Cc1ccc(O)cc1)NC(=O)[C@H](CO)NC(=O)[C@H](Cc1c[nH]c2ccccc12)NC(=O)[C@H](Cc1cnc[nH]1)NC(=O)[C@@H]1CCC(=O)N1)C(=O)N[C@@H](CCCN=C(N)N)C(=O)N1CCC[C@H]1C(=O)O. The predicted octanol–water partition coefficient (Wildman–Crippen LogP) is -2.52. The van der Waals surface area contributed by atoms with Crippen LogP contribution in [-0.2, 0) is 67.2 Å². The Balaban J connectivity index is 1.18. The Morgan fingerprint density at radius 3 is 2.00 bits per heavy atom. The molecule has 6 rings (SSSR count). The lowest BCUT2D eigenvalue weighted by Crippen LogP contribution is -2.61. The molecule has 28 heteroatoms. The number of hydrogen-bond donors (Lipinski definition) is 15. The van der Waals surface area contributed by atoms with Crippen LogP contribution in [0, 0.1) is 5.92 Å². The number of aromatic nitrogens is 3. The van der Waals surface area contributed by atoms with Crippen LogP contribution in [0.15, 0.2) is 72.2 Å². The Morgan fingerprint density at radius 2 is 1.37 bits per heavy atom. The molecular formula is C54H73N15O13. The summed E-state index contributed by atoms with van der Waals surface area (Å²) >= 11 is 0. The summed E-state index contributed by atoms with van der Waals surface area (Å²) in [4.78, 5) is 151. The number of aliphatic carboxylic acids is 1. The van der Waals surface area contributed by atoms with Crippen LogP contribution >= 0.6 is 0 Å². The Morgan fingerprint density at radius 1 is 0.744 bits per heavy atom. The lowest BCUT2D eigenvalue weighted by molar-refractivity contribution is -0.149. The van der Waals surface area contributed by atoms with Crippen LogP contribution in [0.3, 0.4) is 0 Å². The van der Waals surface area contributed by atoms with Crippen LogP contribution in [-0.4, -0.2) is 174 Å². The van der Waals surface area contributed by atoms with Crippen molar-refractivity contribution in [2.24, 2.45) is 22.4 Å². The Bertz CT molecular complexity index is 2940. The number of carbonyl (C=O) groups excluding carboxylic acids is 9. The second-order valence-corrected chi connectivity index (χ2v) is 20.8. The number of aliphatic hydroxyl groups is 1. The molecule has 2 aliphatic rings. The number of carboxylic acid groups (broad SMARTS) is 1. The van der Waals surface area contributed by atoms with E-state index in [0.29, 0.717) is 34.1 Å². The summed E-state index contributed by atoms with van der Waals surface area (Å²) in [5.74, 6) is -8.63. The molecule has 0 aliphatic carbocycles. The average molecular weight is 1140 g/mol. The van der Waals surface area contributed by atoms with Crippen molar-refractivity contribution in [3.63, 3.8) is 0 Å². The number of aromatic amines is 2. The first-order chi connectivity index (χ1) is 39.1. The molecule has 9 atom stereocenters. The second-order valence-electron chi connectivity index (χ2n) is 20.8. The molecule has 9 amide bonds. The number of aromatic hydroxyl groups is 1. The van der Waals surface area contributed by atoms with E-state index in [1.807, 2.05) is 0 Å². The predicted molar refractivity (Wildman–Crippen MR) is 295 cm³/mol. The third-order valence-electron chi connectivity index (χ3n) is 14.0. The van der Waals surface area contributed by atoms with Gasteiger partial charge in [0.2, 0.25) is 53.2 Å². The number of nitrogens with zero attached hydrogens (tertiary/aromatic N) is 3. The van der Waals surface area contributed by atoms with E-state index < -0.39 is 114 Å². The van der Waals surface area contributed by atoms with Crippen LogP contribution in [0.4, 0.5) is 0 Å². The van der Waals surface area contributed by atoms with Gasteiger partial charge in [0.25, 0.3) is 0 Å². The maximum atomic E-state index is 14.5. The van der Waals surface area contributed by atoms with Crippen molar-refractivity contribution >= 4 is 76.0 Å². The van der Waals surface area contributed by atoms with Crippen molar-refractivity contribution in [1.82, 2.24) is 62.4 Å². The van der Waals surface area contributed by atoms with E-state index >= 15 is 0 Å². The van der Waals surface area contributed by atoms with E-state index in [4.69, 9.17) is 11.5 Å². The van der Waals surface area contributed by atoms with Crippen LogP contribution in [0.25, 0.3) is 10.9 Å². The molecule has 0 spiro atoms. The highest BCUT2D eigenvalue weighted by molar-refractivity contribution is 5.99. The highest BCUT2D eigenvalue weighted by Crippen LogP contribution is 2.22. The smallest absolute Gasteiger partial charge is 0.326 e. The number of carbonyl (C=O) groups is 10. The minimum absolute atomic E-state index is 0.0226. The van der Waals surface area contributed by atoms with Crippen molar-refractivity contribution in [2.45, 2.75) is 139 Å². The van der Waals surface area contributed by atoms with Gasteiger partial charge in [-0.05, 0) is 80.7 Å². The molecule has 2 aromatic heterocycles. The van der Waals surface area contributed by atoms with Gasteiger partial charge in [-0.2, -0.15) is 0 Å². The first-order valence-electron chi connectivity index (χ1n) is 27.0. The van der Waals surface area contributed by atoms with Gasteiger partial charge in [0, 0.05) is 67.8 Å². The Labute approximate surface area is 471 Å². The van der Waals surface area contributed by atoms with Crippen molar-refractivity contribution in [1.29, 1.82) is 0 Å². The van der Waals surface area contributed by atoms with Gasteiger partial charge in [-0.1, -0.05) is 44.2 Å². The number of nitrogens with one attached hydrogen (secondary N) is 10. The number of para-hydroxylation sites is 1. The second kappa shape index (κ2) is 29.4. The number of benzene rings is 2. The minimum atomic E-state index is -1.75. The summed E-state index contributed by atoms with van der Waals surface area (Å²) < 4.78 is 0. The molecule has 2 fully saturated rings. The van der Waals surface area contributed by atoms with Crippen LogP contribution in [0.1, 0.15) is 82.5 Å². The number of likely N-dealkylation sites (tertiary alicyclic amines) is 1. The number of amides is 9. The van der Waals surface area contributed by atoms with Crippen LogP contribution in [0.2, 0.25) is 0 Å². The van der Waals surface area contributed by atoms with E-state index in [1.165, 1.54) is 48.6 Å². The summed E-state index contributed by atoms with van der Waals surface area (Å²) in [6.07, 6.45) is 5.22. The first kappa shape index (κ1) is 62.1. The minimum Gasteiger partial charge on any atom is -0.508 e. The summed E-state index contributed by atoms with van der Waals surface area (Å²) in [6.45, 7) is 4.15. The number of H-pyrrole nitrogens is 2. The molecule has 442 valence electrons. The van der Waals surface area contributed by atoms with E-state index in [-0.39, 0.29) is 94.4 Å². The number of rotatable bonds is 29. The van der Waals surface area contributed by atoms with E-state index in [0.717, 1.165) is 0 Å². The number of imidazole rings is 1. The summed E-state index contributed by atoms with van der Waals surface area (Å²) in [6, 6.07) is 0.905. The Kier molecular flexibility index (Phi) is 22.3. The number of aliphatic hydroxyl groups excluding tert-OH is 1. The zero-order valence-electron chi connectivity index (χ0n) is 45.7. The van der Waals surface area contributed by atoms with Crippen LogP contribution < -0.4 is 54.0 Å². The number of hydrogen-bond acceptors (Lipinski definition) is 14. The van der Waals surface area contributed by atoms with E-state index in [9.17, 15) is 63.3 Å². The zero-order chi connectivity index (χ0) is 59.6. The number of carboxylic acids is 1. The highest BCUT2D eigenvalue weighted by Gasteiger charge is 2.39. The molecule has 0 saturated carbocycles. The fraction of sp³-hybridized carbons (Fsp3) is 0.481. The standard InChI is InChI=1S/C54H73N15O13/c1-28(2)20-38(48(76)63-37(10-6-18-58-54(55)56)52(80)69-19-7-11-43(69)53(81)82)64-45(73)29(3)61-47(75)39(21-30-12-14-33(71)15-13-30)65-51(79)42(26-70)68-49(77)40(22-31-24-59-35-9-5-4-8-34(31)35)66-50(78)41(23-32-25-57-27-60-32)67-46(74)36-16-17-44(72)62-36/h4-5,8-9,12-15,24-25,27-29,36-43,59,70-71H,6-7,10-11,16-23,26H2,1-3H3,(H,57,60)(H,61,75)(H,62,72)(H,63,76)(H,64,73)(H,65,79)(H,66,78)(H,67,74)(H,68,77)(H,81,82)(H4,55,56,58)/t29-,36+,37+,38+,39+,40+,41+,42+,43+/m1/s1. The molecule has 17 N–H and O–H groups in total. The highest BCUT2D eigenvalue weighted by atomic mass is 16.4. The fourth-order valence-electron chi connectivity index (χ4n) is 9.63. The number of nitrogens with two attached hydrogens (primary N) is 2. The molecule has 2 saturated heterocycles. The lowest BCUT2D eigenvalue weighted by Gasteiger charge is -2.29. The van der Waals surface area contributed by atoms with Crippen molar-refractivity contribution in [3.8, 4) is 5.75 Å². The van der Waals surface area contributed by atoms with Gasteiger partial charge in [-0.15, -0.1) is 0 Å². The summed E-state index contributed by atoms with van der Waals surface area (Å²) in [7, 11) is 0. The lowest BCUT2D eigenvalue weighted by atomic mass is 10.0. The van der Waals surface area contributed by atoms with Gasteiger partial charge in [0.05, 0.1) is 12.9 Å². The number of fused-ring (bicyclic) bond motifs is 1. The largest absolute Gasteiger partial charge is 0.508 e. The normalized spacial score (nSPS) is 17.4. The summed E-state index contributed by atoms with van der Waals surface area (Å²) in [5.41, 5.74) is 13.1. The number of phenols is 1. The summed E-state index contributed by atoms with van der Waals surface area (Å²) in [5, 5.41) is 52.0. The Hall–Kier alpha value is -9.08. The van der Waals surface area contributed by atoms with E-state index in [1.54, 1.807) is 44.3 Å². The zero-order valence-corrected chi connectivity index (χ0v) is 45.7. The number of phenolic OH excluding ortho intramolecular Hbond substituents is 1. The van der Waals surface area contributed by atoms with E-state index in [2.05, 4.69) is 62.5 Å². The van der Waals surface area contributed by atoms with Crippen molar-refractivity contribution < 1.29 is 63.3 Å². The van der Waals surface area contributed by atoms with Gasteiger partial charge >= 0.3 is 5.97 Å². The molecule has 0 bridgehead atoms. The maximum Gasteiger partial charge on any atom is 0.326 e. The molecule has 2 aliphatic heterocycles. The molecule has 82 heavy (non-hydrogen) atoms.